The number of benzene rings is 2. The highest BCUT2D eigenvalue weighted by Gasteiger charge is 2.22. The van der Waals surface area contributed by atoms with Crippen molar-refractivity contribution in [3.8, 4) is 5.69 Å². The van der Waals surface area contributed by atoms with E-state index in [1.54, 1.807) is 36.0 Å². The van der Waals surface area contributed by atoms with Crippen LogP contribution < -0.4 is 5.32 Å². The van der Waals surface area contributed by atoms with Crippen molar-refractivity contribution in [2.24, 2.45) is 0 Å². The molecule has 3 rings (SSSR count). The fourth-order valence-corrected chi connectivity index (χ4v) is 3.13. The van der Waals surface area contributed by atoms with Crippen LogP contribution in [0, 0.1) is 6.92 Å². The van der Waals surface area contributed by atoms with Crippen LogP contribution >= 0.6 is 11.6 Å². The first kappa shape index (κ1) is 22.6. The van der Waals surface area contributed by atoms with Crippen LogP contribution in [0.15, 0.2) is 54.6 Å². The fourth-order valence-electron chi connectivity index (χ4n) is 3.00. The zero-order valence-electron chi connectivity index (χ0n) is 18.4. The number of halogens is 1. The quantitative estimate of drug-likeness (QED) is 0.619. The first-order chi connectivity index (χ1) is 14.5. The molecule has 1 heterocycles. The summed E-state index contributed by atoms with van der Waals surface area (Å²) in [6.45, 7) is 8.05. The summed E-state index contributed by atoms with van der Waals surface area (Å²) in [7, 11) is 1.61. The SMILES string of the molecule is Cc1ccc(C(=O)N(C)CC(=O)Nc2cc(C(C)(C)C)nn2-c2ccc(Cl)cc2)cc1. The van der Waals surface area contributed by atoms with Crippen molar-refractivity contribution in [2.75, 3.05) is 18.9 Å². The number of likely N-dealkylation sites (N-methyl/N-ethyl adjacent to an activating group) is 1. The molecule has 3 aromatic rings. The molecule has 162 valence electrons. The van der Waals surface area contributed by atoms with E-state index in [2.05, 4.69) is 31.2 Å². The summed E-state index contributed by atoms with van der Waals surface area (Å²) in [6, 6.07) is 16.3. The minimum Gasteiger partial charge on any atom is -0.332 e. The van der Waals surface area contributed by atoms with E-state index >= 15 is 0 Å². The van der Waals surface area contributed by atoms with Crippen molar-refractivity contribution in [3.63, 3.8) is 0 Å². The molecule has 2 aromatic carbocycles. The van der Waals surface area contributed by atoms with E-state index < -0.39 is 0 Å². The lowest BCUT2D eigenvalue weighted by molar-refractivity contribution is -0.116. The molecule has 0 aliphatic rings. The van der Waals surface area contributed by atoms with E-state index in [1.165, 1.54) is 4.90 Å². The van der Waals surface area contributed by atoms with E-state index in [9.17, 15) is 9.59 Å². The largest absolute Gasteiger partial charge is 0.332 e. The standard InChI is InChI=1S/C24H27ClN4O2/c1-16-6-8-17(9-7-16)23(31)28(5)15-22(30)26-21-14-20(24(2,3)4)27-29(21)19-12-10-18(25)11-13-19/h6-14H,15H2,1-5H3,(H,26,30). The van der Waals surface area contributed by atoms with Gasteiger partial charge in [0.25, 0.3) is 5.91 Å². The molecule has 6 nitrogen and oxygen atoms in total. The third-order valence-corrected chi connectivity index (χ3v) is 5.09. The molecule has 0 atom stereocenters. The second-order valence-electron chi connectivity index (χ2n) is 8.63. The van der Waals surface area contributed by atoms with E-state index in [0.717, 1.165) is 16.9 Å². The Labute approximate surface area is 187 Å². The van der Waals surface area contributed by atoms with E-state index in [1.807, 2.05) is 37.3 Å². The van der Waals surface area contributed by atoms with Crippen molar-refractivity contribution in [1.82, 2.24) is 14.7 Å². The highest BCUT2D eigenvalue weighted by molar-refractivity contribution is 6.30. The average Bonchev–Trinajstić information content (AvgIpc) is 3.12. The van der Waals surface area contributed by atoms with Gasteiger partial charge in [0, 0.05) is 29.1 Å². The lowest BCUT2D eigenvalue weighted by atomic mass is 9.92. The molecule has 0 radical (unpaired) electrons. The van der Waals surface area contributed by atoms with Gasteiger partial charge in [-0.15, -0.1) is 0 Å². The van der Waals surface area contributed by atoms with Crippen LogP contribution in [0.5, 0.6) is 0 Å². The van der Waals surface area contributed by atoms with Crippen molar-refractivity contribution in [1.29, 1.82) is 0 Å². The number of aromatic nitrogens is 2. The summed E-state index contributed by atoms with van der Waals surface area (Å²) < 4.78 is 1.68. The zero-order valence-corrected chi connectivity index (χ0v) is 19.2. The molecule has 0 aliphatic carbocycles. The molecule has 1 aromatic heterocycles. The average molecular weight is 439 g/mol. The summed E-state index contributed by atoms with van der Waals surface area (Å²) in [5, 5.41) is 8.20. The Bertz CT molecular complexity index is 1080. The molecule has 2 amide bonds. The second-order valence-corrected chi connectivity index (χ2v) is 9.06. The molecule has 0 fully saturated rings. The van der Waals surface area contributed by atoms with Gasteiger partial charge < -0.3 is 10.2 Å². The van der Waals surface area contributed by atoms with Gasteiger partial charge in [0.1, 0.15) is 5.82 Å². The molecule has 31 heavy (non-hydrogen) atoms. The smallest absolute Gasteiger partial charge is 0.254 e. The third kappa shape index (κ3) is 5.52. The predicted molar refractivity (Wildman–Crippen MR) is 124 cm³/mol. The first-order valence-corrected chi connectivity index (χ1v) is 10.4. The van der Waals surface area contributed by atoms with Crippen molar-refractivity contribution in [2.45, 2.75) is 33.1 Å². The fraction of sp³-hybridized carbons (Fsp3) is 0.292. The number of nitrogens with zero attached hydrogens (tertiary/aromatic N) is 3. The second kappa shape index (κ2) is 8.94. The van der Waals surface area contributed by atoms with Crippen LogP contribution in [0.1, 0.15) is 42.4 Å². The lowest BCUT2D eigenvalue weighted by Gasteiger charge is -2.17. The Morgan fingerprint density at radius 1 is 1.06 bits per heavy atom. The number of nitrogens with one attached hydrogen (secondary N) is 1. The molecule has 0 bridgehead atoms. The minimum atomic E-state index is -0.307. The summed E-state index contributed by atoms with van der Waals surface area (Å²) >= 11 is 6.01. The molecular weight excluding hydrogens is 412 g/mol. The van der Waals surface area contributed by atoms with Crippen LogP contribution in [-0.2, 0) is 10.2 Å². The Hall–Kier alpha value is -3.12. The van der Waals surface area contributed by atoms with Gasteiger partial charge in [-0.3, -0.25) is 9.59 Å². The third-order valence-electron chi connectivity index (χ3n) is 4.84. The van der Waals surface area contributed by atoms with Gasteiger partial charge in [0.05, 0.1) is 17.9 Å². The predicted octanol–water partition coefficient (Wildman–Crippen LogP) is 4.84. The maximum absolute atomic E-state index is 12.7. The minimum absolute atomic E-state index is 0.0800. The Morgan fingerprint density at radius 2 is 1.68 bits per heavy atom. The summed E-state index contributed by atoms with van der Waals surface area (Å²) in [5.41, 5.74) is 3.03. The van der Waals surface area contributed by atoms with Crippen LogP contribution in [-0.4, -0.2) is 40.1 Å². The molecule has 0 spiro atoms. The van der Waals surface area contributed by atoms with Crippen LogP contribution in [0.3, 0.4) is 0 Å². The molecule has 1 N–H and O–H groups in total. The van der Waals surface area contributed by atoms with Crippen LogP contribution in [0.25, 0.3) is 5.69 Å². The number of anilines is 1. The van der Waals surface area contributed by atoms with E-state index in [0.29, 0.717) is 16.4 Å². The molecule has 0 unspecified atom stereocenters. The highest BCUT2D eigenvalue weighted by atomic mass is 35.5. The molecule has 7 heteroatoms. The van der Waals surface area contributed by atoms with Gasteiger partial charge in [-0.25, -0.2) is 4.68 Å². The Balaban J connectivity index is 1.79. The Kier molecular flexibility index (Phi) is 6.51. The number of carbonyl (C=O) groups excluding carboxylic acids is 2. The van der Waals surface area contributed by atoms with Crippen LogP contribution in [0.4, 0.5) is 5.82 Å². The first-order valence-electron chi connectivity index (χ1n) is 10.0. The number of hydrogen-bond donors (Lipinski definition) is 1. The normalized spacial score (nSPS) is 11.3. The molecular formula is C24H27ClN4O2. The van der Waals surface area contributed by atoms with Gasteiger partial charge in [-0.2, -0.15) is 5.10 Å². The number of rotatable bonds is 5. The topological polar surface area (TPSA) is 67.2 Å². The van der Waals surface area contributed by atoms with Gasteiger partial charge in [0.15, 0.2) is 0 Å². The number of amides is 2. The summed E-state index contributed by atoms with van der Waals surface area (Å²) in [4.78, 5) is 26.8. The van der Waals surface area contributed by atoms with Crippen LogP contribution in [0.2, 0.25) is 5.02 Å². The van der Waals surface area contributed by atoms with E-state index in [4.69, 9.17) is 11.6 Å². The molecule has 0 aliphatic heterocycles. The number of aryl methyl sites for hydroxylation is 1. The van der Waals surface area contributed by atoms with Gasteiger partial charge in [-0.05, 0) is 43.3 Å². The molecule has 0 saturated heterocycles. The van der Waals surface area contributed by atoms with Gasteiger partial charge in [-0.1, -0.05) is 50.1 Å². The molecule has 0 saturated carbocycles. The van der Waals surface area contributed by atoms with Gasteiger partial charge in [0.2, 0.25) is 5.91 Å². The van der Waals surface area contributed by atoms with Crippen molar-refractivity contribution < 1.29 is 9.59 Å². The number of carbonyl (C=O) groups is 2. The van der Waals surface area contributed by atoms with Crippen molar-refractivity contribution >= 4 is 29.2 Å². The maximum atomic E-state index is 12.7. The summed E-state index contributed by atoms with van der Waals surface area (Å²) in [6.07, 6.45) is 0. The van der Waals surface area contributed by atoms with Crippen molar-refractivity contribution in [3.05, 3.63) is 76.4 Å². The summed E-state index contributed by atoms with van der Waals surface area (Å²) in [5.74, 6) is 0.0173. The lowest BCUT2D eigenvalue weighted by Crippen LogP contribution is -2.35. The van der Waals surface area contributed by atoms with Gasteiger partial charge >= 0.3 is 0 Å². The monoisotopic (exact) mass is 438 g/mol. The zero-order chi connectivity index (χ0) is 22.8. The maximum Gasteiger partial charge on any atom is 0.254 e. The van der Waals surface area contributed by atoms with E-state index in [-0.39, 0.29) is 23.8 Å². The number of hydrogen-bond acceptors (Lipinski definition) is 3. The Morgan fingerprint density at radius 3 is 2.26 bits per heavy atom. The highest BCUT2D eigenvalue weighted by Crippen LogP contribution is 2.26.